The molecule has 2 aromatic carbocycles. The summed E-state index contributed by atoms with van der Waals surface area (Å²) in [5.74, 6) is 1.38. The molecule has 7 heteroatoms. The summed E-state index contributed by atoms with van der Waals surface area (Å²) < 4.78 is 21.4. The maximum Gasteiger partial charge on any atom is 0.349 e. The Hall–Kier alpha value is -3.61. The fourth-order valence-corrected chi connectivity index (χ4v) is 2.90. The van der Waals surface area contributed by atoms with Gasteiger partial charge in [0, 0.05) is 5.39 Å². The number of fused-ring (bicyclic) bond motifs is 1. The fraction of sp³-hybridized carbons (Fsp3) is 0.150. The van der Waals surface area contributed by atoms with Crippen LogP contribution in [-0.2, 0) is 0 Å². The number of aromatic nitrogens is 2. The zero-order valence-corrected chi connectivity index (χ0v) is 15.0. The second-order valence-electron chi connectivity index (χ2n) is 5.95. The van der Waals surface area contributed by atoms with Crippen molar-refractivity contribution in [3.8, 4) is 34.3 Å². The summed E-state index contributed by atoms with van der Waals surface area (Å²) in [6.07, 6.45) is 0. The highest BCUT2D eigenvalue weighted by Gasteiger charge is 2.20. The molecule has 2 heterocycles. The molecule has 0 atom stereocenters. The maximum absolute atomic E-state index is 12.3. The summed E-state index contributed by atoms with van der Waals surface area (Å²) in [7, 11) is 3.08. The molecule has 0 bridgehead atoms. The first-order valence-corrected chi connectivity index (χ1v) is 8.20. The average Bonchev–Trinajstić information content (AvgIpc) is 3.16. The van der Waals surface area contributed by atoms with Gasteiger partial charge in [-0.3, -0.25) is 0 Å². The van der Waals surface area contributed by atoms with Gasteiger partial charge < -0.3 is 18.4 Å². The summed E-state index contributed by atoms with van der Waals surface area (Å²) in [5.41, 5.74) is 1.80. The third-order valence-corrected chi connectivity index (χ3v) is 4.19. The van der Waals surface area contributed by atoms with Crippen LogP contribution in [0.25, 0.3) is 33.8 Å². The van der Waals surface area contributed by atoms with Crippen LogP contribution in [-0.4, -0.2) is 24.4 Å². The van der Waals surface area contributed by atoms with Gasteiger partial charge in [-0.15, -0.1) is 0 Å². The van der Waals surface area contributed by atoms with Gasteiger partial charge in [-0.05, 0) is 37.3 Å². The van der Waals surface area contributed by atoms with E-state index in [-0.39, 0.29) is 17.3 Å². The Labute approximate surface area is 154 Å². The van der Waals surface area contributed by atoms with Gasteiger partial charge in [0.25, 0.3) is 5.89 Å². The molecule has 4 rings (SSSR count). The molecule has 2 aromatic heterocycles. The van der Waals surface area contributed by atoms with E-state index in [1.54, 1.807) is 37.4 Å². The highest BCUT2D eigenvalue weighted by Crippen LogP contribution is 2.37. The number of hydrogen-bond donors (Lipinski definition) is 0. The smallest absolute Gasteiger partial charge is 0.349 e. The third-order valence-electron chi connectivity index (χ3n) is 4.19. The van der Waals surface area contributed by atoms with Gasteiger partial charge in [0.15, 0.2) is 11.5 Å². The Morgan fingerprint density at radius 2 is 1.85 bits per heavy atom. The third kappa shape index (κ3) is 2.93. The van der Waals surface area contributed by atoms with Crippen molar-refractivity contribution >= 4 is 11.0 Å². The lowest BCUT2D eigenvalue weighted by atomic mass is 10.1. The van der Waals surface area contributed by atoms with Crippen molar-refractivity contribution in [3.05, 3.63) is 58.4 Å². The molecule has 0 fully saturated rings. The van der Waals surface area contributed by atoms with Crippen molar-refractivity contribution in [2.24, 2.45) is 0 Å². The molecule has 136 valence electrons. The van der Waals surface area contributed by atoms with E-state index in [4.69, 9.17) is 18.4 Å². The maximum atomic E-state index is 12.3. The molecule has 0 amide bonds. The van der Waals surface area contributed by atoms with Crippen molar-refractivity contribution in [1.29, 1.82) is 0 Å². The molecule has 0 spiro atoms. The average molecular weight is 364 g/mol. The second-order valence-corrected chi connectivity index (χ2v) is 5.95. The molecule has 0 saturated carbocycles. The van der Waals surface area contributed by atoms with Crippen LogP contribution in [0.5, 0.6) is 11.5 Å². The first-order valence-electron chi connectivity index (χ1n) is 8.20. The van der Waals surface area contributed by atoms with E-state index in [1.807, 2.05) is 19.1 Å². The van der Waals surface area contributed by atoms with Crippen LogP contribution in [0.2, 0.25) is 0 Å². The predicted molar refractivity (Wildman–Crippen MR) is 99.1 cm³/mol. The molecule has 0 radical (unpaired) electrons. The molecular weight excluding hydrogens is 348 g/mol. The number of aryl methyl sites for hydroxylation is 1. The molecule has 0 saturated heterocycles. The van der Waals surface area contributed by atoms with Crippen LogP contribution in [0.1, 0.15) is 5.56 Å². The summed E-state index contributed by atoms with van der Waals surface area (Å²) in [5, 5.41) is 4.76. The van der Waals surface area contributed by atoms with Crippen molar-refractivity contribution < 1.29 is 18.4 Å². The van der Waals surface area contributed by atoms with Gasteiger partial charge in [-0.25, -0.2) is 4.79 Å². The summed E-state index contributed by atoms with van der Waals surface area (Å²) in [6, 6.07) is 12.6. The van der Waals surface area contributed by atoms with E-state index in [2.05, 4.69) is 10.1 Å². The van der Waals surface area contributed by atoms with E-state index in [0.29, 0.717) is 22.6 Å². The molecule has 4 aromatic rings. The lowest BCUT2D eigenvalue weighted by molar-refractivity contribution is 0.355. The number of para-hydroxylation sites is 1. The lowest BCUT2D eigenvalue weighted by Crippen LogP contribution is -2.03. The number of methoxy groups -OCH3 is 2. The molecule has 0 aliphatic rings. The highest BCUT2D eigenvalue weighted by molar-refractivity contribution is 5.81. The fourth-order valence-electron chi connectivity index (χ4n) is 2.90. The van der Waals surface area contributed by atoms with E-state index >= 15 is 0 Å². The molecule has 0 aliphatic carbocycles. The van der Waals surface area contributed by atoms with Crippen LogP contribution in [0, 0.1) is 6.92 Å². The normalized spacial score (nSPS) is 10.9. The van der Waals surface area contributed by atoms with Crippen molar-refractivity contribution in [2.45, 2.75) is 6.92 Å². The lowest BCUT2D eigenvalue weighted by Gasteiger charge is -2.09. The minimum atomic E-state index is -0.542. The SMILES string of the molecule is COc1cccc(-c2noc(-c3cc4cc(C)ccc4oc3=O)n2)c1OC. The number of benzene rings is 2. The van der Waals surface area contributed by atoms with Crippen LogP contribution >= 0.6 is 0 Å². The van der Waals surface area contributed by atoms with Crippen molar-refractivity contribution in [3.63, 3.8) is 0 Å². The van der Waals surface area contributed by atoms with E-state index in [9.17, 15) is 4.79 Å². The molecule has 27 heavy (non-hydrogen) atoms. The molecule has 0 unspecified atom stereocenters. The van der Waals surface area contributed by atoms with E-state index in [1.165, 1.54) is 7.11 Å². The quantitative estimate of drug-likeness (QED) is 0.508. The van der Waals surface area contributed by atoms with Gasteiger partial charge in [0.2, 0.25) is 5.82 Å². The van der Waals surface area contributed by atoms with Gasteiger partial charge >= 0.3 is 5.63 Å². The Bertz CT molecular complexity index is 1190. The number of hydrogen-bond acceptors (Lipinski definition) is 7. The molecule has 7 nitrogen and oxygen atoms in total. The van der Waals surface area contributed by atoms with Gasteiger partial charge in [0.1, 0.15) is 11.1 Å². The van der Waals surface area contributed by atoms with Crippen LogP contribution < -0.4 is 15.1 Å². The number of nitrogens with zero attached hydrogens (tertiary/aromatic N) is 2. The van der Waals surface area contributed by atoms with Gasteiger partial charge in [-0.1, -0.05) is 22.9 Å². The Morgan fingerprint density at radius 1 is 1.00 bits per heavy atom. The standard InChI is InChI=1S/C20H16N2O5/c1-11-7-8-15-12(9-11)10-14(20(23)26-15)19-21-18(22-27-19)13-5-4-6-16(24-2)17(13)25-3/h4-10H,1-3H3. The summed E-state index contributed by atoms with van der Waals surface area (Å²) in [4.78, 5) is 16.7. The Morgan fingerprint density at radius 3 is 2.63 bits per heavy atom. The monoisotopic (exact) mass is 364 g/mol. The van der Waals surface area contributed by atoms with Crippen molar-refractivity contribution in [1.82, 2.24) is 10.1 Å². The Kier molecular flexibility index (Phi) is 4.12. The van der Waals surface area contributed by atoms with Crippen LogP contribution in [0.15, 0.2) is 56.2 Å². The molecular formula is C20H16N2O5. The summed E-state index contributed by atoms with van der Waals surface area (Å²) in [6.45, 7) is 1.96. The molecule has 0 N–H and O–H groups in total. The van der Waals surface area contributed by atoms with E-state index < -0.39 is 5.63 Å². The second kappa shape index (κ2) is 6.60. The zero-order valence-electron chi connectivity index (χ0n) is 15.0. The first kappa shape index (κ1) is 16.8. The molecule has 0 aliphatic heterocycles. The van der Waals surface area contributed by atoms with Crippen LogP contribution in [0.4, 0.5) is 0 Å². The minimum absolute atomic E-state index is 0.0760. The van der Waals surface area contributed by atoms with Crippen LogP contribution in [0.3, 0.4) is 0 Å². The highest BCUT2D eigenvalue weighted by atomic mass is 16.5. The predicted octanol–water partition coefficient (Wildman–Crippen LogP) is 3.84. The van der Waals surface area contributed by atoms with Crippen molar-refractivity contribution in [2.75, 3.05) is 14.2 Å². The minimum Gasteiger partial charge on any atom is -0.493 e. The van der Waals surface area contributed by atoms with Gasteiger partial charge in [-0.2, -0.15) is 4.98 Å². The topological polar surface area (TPSA) is 87.6 Å². The largest absolute Gasteiger partial charge is 0.493 e. The number of ether oxygens (including phenoxy) is 2. The van der Waals surface area contributed by atoms with Gasteiger partial charge in [0.05, 0.1) is 19.8 Å². The van der Waals surface area contributed by atoms with E-state index in [0.717, 1.165) is 10.9 Å². The first-order chi connectivity index (χ1) is 13.1. The number of rotatable bonds is 4. The zero-order chi connectivity index (χ0) is 19.0. The summed E-state index contributed by atoms with van der Waals surface area (Å²) >= 11 is 0. The Balaban J connectivity index is 1.83.